The smallest absolute Gasteiger partial charge is 0.218 e. The van der Waals surface area contributed by atoms with E-state index in [1.807, 2.05) is 25.1 Å². The molecular formula is C12H18N2O3S2. The predicted octanol–water partition coefficient (Wildman–Crippen LogP) is 0.960. The number of primary amides is 1. The predicted molar refractivity (Wildman–Crippen MR) is 78.8 cm³/mol. The van der Waals surface area contributed by atoms with Gasteiger partial charge in [0.05, 0.1) is 11.5 Å². The van der Waals surface area contributed by atoms with Crippen molar-refractivity contribution in [1.29, 1.82) is 0 Å². The highest BCUT2D eigenvalue weighted by molar-refractivity contribution is 8.00. The van der Waals surface area contributed by atoms with Gasteiger partial charge in [0.25, 0.3) is 0 Å². The van der Waals surface area contributed by atoms with Crippen molar-refractivity contribution in [1.82, 2.24) is 0 Å². The summed E-state index contributed by atoms with van der Waals surface area (Å²) in [5.74, 6) is -0.363. The topological polar surface area (TPSA) is 103 Å². The van der Waals surface area contributed by atoms with Gasteiger partial charge in [0.1, 0.15) is 0 Å². The molecule has 1 aromatic rings. The van der Waals surface area contributed by atoms with Crippen LogP contribution in [0.25, 0.3) is 0 Å². The lowest BCUT2D eigenvalue weighted by Gasteiger charge is -2.06. The molecule has 19 heavy (non-hydrogen) atoms. The number of benzene rings is 1. The van der Waals surface area contributed by atoms with Gasteiger partial charge < -0.3 is 11.5 Å². The first kappa shape index (κ1) is 15.8. The fourth-order valence-corrected chi connectivity index (χ4v) is 4.11. The van der Waals surface area contributed by atoms with Gasteiger partial charge in [-0.25, -0.2) is 8.42 Å². The molecule has 7 heteroatoms. The van der Waals surface area contributed by atoms with E-state index >= 15 is 0 Å². The summed E-state index contributed by atoms with van der Waals surface area (Å²) in [6.45, 7) is 1.94. The summed E-state index contributed by atoms with van der Waals surface area (Å²) >= 11 is 1.40. The third-order valence-electron chi connectivity index (χ3n) is 2.48. The minimum Gasteiger partial charge on any atom is -0.398 e. The van der Waals surface area contributed by atoms with Crippen LogP contribution in [0.15, 0.2) is 23.1 Å². The number of sulfone groups is 1. The number of anilines is 1. The molecule has 4 N–H and O–H groups in total. The summed E-state index contributed by atoms with van der Waals surface area (Å²) < 4.78 is 23.2. The van der Waals surface area contributed by atoms with Crippen molar-refractivity contribution in [2.75, 3.05) is 23.0 Å². The second-order valence-corrected chi connectivity index (χ2v) is 7.70. The molecule has 1 rings (SSSR count). The van der Waals surface area contributed by atoms with E-state index in [1.165, 1.54) is 11.8 Å². The lowest BCUT2D eigenvalue weighted by atomic mass is 10.2. The van der Waals surface area contributed by atoms with E-state index in [0.29, 0.717) is 11.4 Å². The van der Waals surface area contributed by atoms with Gasteiger partial charge in [-0.1, -0.05) is 6.07 Å². The zero-order valence-corrected chi connectivity index (χ0v) is 12.4. The van der Waals surface area contributed by atoms with Gasteiger partial charge in [0.2, 0.25) is 5.91 Å². The second-order valence-electron chi connectivity index (χ2n) is 4.26. The molecule has 0 heterocycles. The zero-order chi connectivity index (χ0) is 14.5. The Bertz CT molecular complexity index is 556. The molecule has 0 atom stereocenters. The largest absolute Gasteiger partial charge is 0.398 e. The highest BCUT2D eigenvalue weighted by atomic mass is 32.2. The summed E-state index contributed by atoms with van der Waals surface area (Å²) in [5.41, 5.74) is 12.5. The molecule has 1 aromatic carbocycles. The molecule has 1 amide bonds. The van der Waals surface area contributed by atoms with Crippen LogP contribution in [0.5, 0.6) is 0 Å². The average molecular weight is 302 g/mol. The number of aryl methyl sites for hydroxylation is 1. The minimum atomic E-state index is -3.23. The molecule has 0 fully saturated rings. The van der Waals surface area contributed by atoms with Crippen LogP contribution in [-0.4, -0.2) is 31.6 Å². The van der Waals surface area contributed by atoms with Gasteiger partial charge in [-0.05, 0) is 24.6 Å². The van der Waals surface area contributed by atoms with Crippen LogP contribution in [0.3, 0.4) is 0 Å². The van der Waals surface area contributed by atoms with E-state index < -0.39 is 15.7 Å². The summed E-state index contributed by atoms with van der Waals surface area (Å²) in [5, 5.41) is 0. The van der Waals surface area contributed by atoms with Gasteiger partial charge in [0, 0.05) is 22.8 Å². The van der Waals surface area contributed by atoms with Gasteiger partial charge >= 0.3 is 0 Å². The molecule has 0 bridgehead atoms. The Morgan fingerprint density at radius 1 is 1.32 bits per heavy atom. The average Bonchev–Trinajstić information content (AvgIpc) is 2.29. The van der Waals surface area contributed by atoms with Gasteiger partial charge in [-0.3, -0.25) is 4.79 Å². The fraction of sp³-hybridized carbons (Fsp3) is 0.417. The molecule has 0 unspecified atom stereocenters. The Kier molecular flexibility index (Phi) is 5.68. The van der Waals surface area contributed by atoms with Crippen molar-refractivity contribution < 1.29 is 13.2 Å². The van der Waals surface area contributed by atoms with Crippen LogP contribution in [0, 0.1) is 6.92 Å². The quantitative estimate of drug-likeness (QED) is 0.577. The summed E-state index contributed by atoms with van der Waals surface area (Å²) in [6, 6.07) is 5.66. The van der Waals surface area contributed by atoms with E-state index in [-0.39, 0.29) is 17.9 Å². The van der Waals surface area contributed by atoms with Crippen LogP contribution >= 0.6 is 11.8 Å². The number of hydrogen-bond donors (Lipinski definition) is 2. The molecule has 0 aliphatic heterocycles. The van der Waals surface area contributed by atoms with Crippen molar-refractivity contribution in [2.24, 2.45) is 5.73 Å². The van der Waals surface area contributed by atoms with E-state index in [4.69, 9.17) is 11.5 Å². The monoisotopic (exact) mass is 302 g/mol. The Morgan fingerprint density at radius 3 is 2.58 bits per heavy atom. The third-order valence-corrected chi connectivity index (χ3v) is 5.48. The van der Waals surface area contributed by atoms with E-state index in [1.54, 1.807) is 0 Å². The number of nitrogen functional groups attached to an aromatic ring is 1. The van der Waals surface area contributed by atoms with E-state index in [9.17, 15) is 13.2 Å². The maximum absolute atomic E-state index is 11.6. The molecule has 0 saturated carbocycles. The number of hydrogen-bond acceptors (Lipinski definition) is 5. The number of thioether (sulfide) groups is 1. The van der Waals surface area contributed by atoms with Crippen LogP contribution in [0.2, 0.25) is 0 Å². The number of amides is 1. The van der Waals surface area contributed by atoms with Gasteiger partial charge in [-0.15, -0.1) is 11.8 Å². The molecule has 5 nitrogen and oxygen atoms in total. The Labute approximate surface area is 117 Å². The number of carbonyl (C=O) groups excluding carboxylic acids is 1. The van der Waals surface area contributed by atoms with E-state index in [0.717, 1.165) is 10.5 Å². The maximum Gasteiger partial charge on any atom is 0.218 e. The molecule has 0 aliphatic carbocycles. The fourth-order valence-electron chi connectivity index (χ4n) is 1.44. The summed E-state index contributed by atoms with van der Waals surface area (Å²) in [7, 11) is -3.23. The van der Waals surface area contributed by atoms with Crippen molar-refractivity contribution in [3.63, 3.8) is 0 Å². The van der Waals surface area contributed by atoms with Crippen LogP contribution in [0.4, 0.5) is 5.69 Å². The van der Waals surface area contributed by atoms with Crippen LogP contribution < -0.4 is 11.5 Å². The molecular weight excluding hydrogens is 284 g/mol. The summed E-state index contributed by atoms with van der Waals surface area (Å²) in [4.78, 5) is 11.4. The maximum atomic E-state index is 11.6. The molecule has 0 aliphatic rings. The SMILES string of the molecule is Cc1ccc(SCCS(=O)(=O)CCC(N)=O)c(N)c1. The van der Waals surface area contributed by atoms with E-state index in [2.05, 4.69) is 0 Å². The zero-order valence-electron chi connectivity index (χ0n) is 10.8. The lowest BCUT2D eigenvalue weighted by molar-refractivity contribution is -0.117. The van der Waals surface area contributed by atoms with Crippen molar-refractivity contribution >= 4 is 33.2 Å². The standard InChI is InChI=1S/C12H18N2O3S2/c1-9-2-3-11(10(13)8-9)18-5-7-19(16,17)6-4-12(14)15/h2-3,8H,4-7,13H2,1H3,(H2,14,15). The Hall–Kier alpha value is -1.21. The first-order valence-corrected chi connectivity index (χ1v) is 8.58. The van der Waals surface area contributed by atoms with Crippen LogP contribution in [0.1, 0.15) is 12.0 Å². The van der Waals surface area contributed by atoms with Crippen molar-refractivity contribution in [2.45, 2.75) is 18.2 Å². The third kappa shape index (κ3) is 5.98. The molecule has 106 valence electrons. The highest BCUT2D eigenvalue weighted by Gasteiger charge is 2.12. The first-order valence-electron chi connectivity index (χ1n) is 5.78. The number of rotatable bonds is 7. The molecule has 0 saturated heterocycles. The van der Waals surface area contributed by atoms with Gasteiger partial charge in [0.15, 0.2) is 9.84 Å². The van der Waals surface area contributed by atoms with Crippen molar-refractivity contribution in [3.8, 4) is 0 Å². The minimum absolute atomic E-state index is 0.0122. The van der Waals surface area contributed by atoms with Crippen molar-refractivity contribution in [3.05, 3.63) is 23.8 Å². The van der Waals surface area contributed by atoms with Crippen LogP contribution in [-0.2, 0) is 14.6 Å². The number of nitrogens with two attached hydrogens (primary N) is 2. The molecule has 0 spiro atoms. The second kappa shape index (κ2) is 6.81. The highest BCUT2D eigenvalue weighted by Crippen LogP contribution is 2.25. The Balaban J connectivity index is 2.47. The van der Waals surface area contributed by atoms with Gasteiger partial charge in [-0.2, -0.15) is 0 Å². The lowest BCUT2D eigenvalue weighted by Crippen LogP contribution is -2.19. The Morgan fingerprint density at radius 2 is 2.00 bits per heavy atom. The number of carbonyl (C=O) groups is 1. The molecule has 0 radical (unpaired) electrons. The summed E-state index contributed by atoms with van der Waals surface area (Å²) in [6.07, 6.45) is -0.125. The normalized spacial score (nSPS) is 11.4. The first-order chi connectivity index (χ1) is 8.80. The molecule has 0 aromatic heterocycles.